The molecule has 1 amide bonds. The zero-order valence-electron chi connectivity index (χ0n) is 12.3. The molecule has 0 radical (unpaired) electrons. The minimum atomic E-state index is -0.392. The van der Waals surface area contributed by atoms with Crippen LogP contribution in [0.1, 0.15) is 29.5 Å². The van der Waals surface area contributed by atoms with Gasteiger partial charge >= 0.3 is 5.69 Å². The molecule has 1 aromatic carbocycles. The van der Waals surface area contributed by atoms with E-state index in [-0.39, 0.29) is 11.7 Å². The molecule has 6 heteroatoms. The van der Waals surface area contributed by atoms with Crippen molar-refractivity contribution in [2.24, 2.45) is 13.0 Å². The van der Waals surface area contributed by atoms with E-state index >= 15 is 0 Å². The summed E-state index contributed by atoms with van der Waals surface area (Å²) in [6, 6.07) is 10.2. The van der Waals surface area contributed by atoms with E-state index in [1.54, 1.807) is 0 Å². The van der Waals surface area contributed by atoms with Crippen LogP contribution in [0.15, 0.2) is 35.1 Å². The molecule has 1 unspecified atom stereocenters. The van der Waals surface area contributed by atoms with Crippen molar-refractivity contribution in [3.8, 4) is 0 Å². The number of aromatic amines is 1. The van der Waals surface area contributed by atoms with Crippen molar-refractivity contribution >= 4 is 5.91 Å². The van der Waals surface area contributed by atoms with Crippen molar-refractivity contribution in [3.05, 3.63) is 52.2 Å². The lowest BCUT2D eigenvalue weighted by atomic mass is 9.97. The topological polar surface area (TPSA) is 79.8 Å². The highest BCUT2D eigenvalue weighted by atomic mass is 16.2. The Balaban J connectivity index is 1.91. The summed E-state index contributed by atoms with van der Waals surface area (Å²) >= 11 is 0. The number of nitrogens with zero attached hydrogens (tertiary/aromatic N) is 2. The van der Waals surface area contributed by atoms with Crippen LogP contribution in [0.2, 0.25) is 0 Å². The molecule has 112 valence electrons. The Labute approximate surface area is 123 Å². The fourth-order valence-electron chi connectivity index (χ4n) is 2.13. The predicted octanol–water partition coefficient (Wildman–Crippen LogP) is 1.11. The van der Waals surface area contributed by atoms with Crippen molar-refractivity contribution < 1.29 is 4.79 Å². The van der Waals surface area contributed by atoms with Gasteiger partial charge in [-0.25, -0.2) is 9.48 Å². The van der Waals surface area contributed by atoms with Gasteiger partial charge in [-0.05, 0) is 17.9 Å². The van der Waals surface area contributed by atoms with Crippen LogP contribution in [0.3, 0.4) is 0 Å². The van der Waals surface area contributed by atoms with E-state index in [1.165, 1.54) is 12.6 Å². The van der Waals surface area contributed by atoms with Crippen LogP contribution in [-0.4, -0.2) is 27.2 Å². The number of aromatic nitrogens is 3. The SMILES string of the molecule is CCC(CNC(=O)c1nn(C)c(=O)[nH]1)Cc1ccccc1. The van der Waals surface area contributed by atoms with Gasteiger partial charge in [0, 0.05) is 13.6 Å². The lowest BCUT2D eigenvalue weighted by Crippen LogP contribution is -2.31. The second kappa shape index (κ2) is 6.88. The molecule has 0 aliphatic heterocycles. The van der Waals surface area contributed by atoms with E-state index in [2.05, 4.69) is 34.5 Å². The number of amides is 1. The zero-order chi connectivity index (χ0) is 15.2. The Kier molecular flexibility index (Phi) is 4.92. The Hall–Kier alpha value is -2.37. The molecule has 1 atom stereocenters. The summed E-state index contributed by atoms with van der Waals surface area (Å²) in [5.74, 6) is 0.0584. The molecule has 0 aliphatic carbocycles. The summed E-state index contributed by atoms with van der Waals surface area (Å²) in [6.45, 7) is 2.66. The van der Waals surface area contributed by atoms with E-state index in [0.29, 0.717) is 12.5 Å². The van der Waals surface area contributed by atoms with Crippen molar-refractivity contribution in [1.29, 1.82) is 0 Å². The minimum absolute atomic E-state index is 0.0528. The van der Waals surface area contributed by atoms with Crippen molar-refractivity contribution in [1.82, 2.24) is 20.1 Å². The number of H-pyrrole nitrogens is 1. The highest BCUT2D eigenvalue weighted by molar-refractivity contribution is 5.90. The summed E-state index contributed by atoms with van der Waals surface area (Å²) in [6.07, 6.45) is 1.88. The fourth-order valence-corrected chi connectivity index (χ4v) is 2.13. The van der Waals surface area contributed by atoms with Gasteiger partial charge < -0.3 is 5.32 Å². The number of aryl methyl sites for hydroxylation is 1. The van der Waals surface area contributed by atoms with E-state index in [9.17, 15) is 9.59 Å². The van der Waals surface area contributed by atoms with E-state index < -0.39 is 5.69 Å². The average Bonchev–Trinajstić information content (AvgIpc) is 2.84. The summed E-state index contributed by atoms with van der Waals surface area (Å²) < 4.78 is 1.11. The number of rotatable bonds is 6. The van der Waals surface area contributed by atoms with Gasteiger partial charge in [0.25, 0.3) is 5.91 Å². The van der Waals surface area contributed by atoms with Crippen LogP contribution in [0.4, 0.5) is 0 Å². The smallest absolute Gasteiger partial charge is 0.343 e. The van der Waals surface area contributed by atoms with Gasteiger partial charge in [0.2, 0.25) is 5.82 Å². The molecule has 0 saturated heterocycles. The van der Waals surface area contributed by atoms with Crippen LogP contribution in [0.5, 0.6) is 0 Å². The average molecular weight is 288 g/mol. The minimum Gasteiger partial charge on any atom is -0.349 e. The molecule has 21 heavy (non-hydrogen) atoms. The van der Waals surface area contributed by atoms with Crippen LogP contribution >= 0.6 is 0 Å². The molecule has 6 nitrogen and oxygen atoms in total. The highest BCUT2D eigenvalue weighted by Gasteiger charge is 2.14. The Bertz CT molecular complexity index is 645. The highest BCUT2D eigenvalue weighted by Crippen LogP contribution is 2.11. The Morgan fingerprint density at radius 3 is 2.67 bits per heavy atom. The first-order valence-electron chi connectivity index (χ1n) is 7.05. The molecule has 0 bridgehead atoms. The van der Waals surface area contributed by atoms with E-state index in [1.807, 2.05) is 18.2 Å². The number of benzene rings is 1. The number of hydrogen-bond acceptors (Lipinski definition) is 3. The maximum atomic E-state index is 11.9. The van der Waals surface area contributed by atoms with E-state index in [0.717, 1.165) is 17.5 Å². The maximum absolute atomic E-state index is 11.9. The lowest BCUT2D eigenvalue weighted by molar-refractivity contribution is 0.0936. The number of nitrogens with one attached hydrogen (secondary N) is 2. The molecule has 0 saturated carbocycles. The van der Waals surface area contributed by atoms with Crippen LogP contribution < -0.4 is 11.0 Å². The molecule has 2 aromatic rings. The van der Waals surface area contributed by atoms with Gasteiger partial charge in [-0.2, -0.15) is 0 Å². The van der Waals surface area contributed by atoms with Crippen LogP contribution in [0.25, 0.3) is 0 Å². The fraction of sp³-hybridized carbons (Fsp3) is 0.400. The van der Waals surface area contributed by atoms with Gasteiger partial charge in [-0.15, -0.1) is 5.10 Å². The van der Waals surface area contributed by atoms with Gasteiger partial charge in [-0.3, -0.25) is 9.78 Å². The monoisotopic (exact) mass is 288 g/mol. The summed E-state index contributed by atoms with van der Waals surface area (Å²) in [5.41, 5.74) is 0.862. The molecule has 1 heterocycles. The number of carbonyl (C=O) groups excluding carboxylic acids is 1. The standard InChI is InChI=1S/C15H20N4O2/c1-3-11(9-12-7-5-4-6-8-12)10-16-14(20)13-17-15(21)19(2)18-13/h4-8,11H,3,9-10H2,1-2H3,(H,16,20)(H,17,18,21). The Morgan fingerprint density at radius 2 is 2.10 bits per heavy atom. The summed E-state index contributed by atoms with van der Waals surface area (Å²) in [4.78, 5) is 25.6. The predicted molar refractivity (Wildman–Crippen MR) is 80.1 cm³/mol. The third-order valence-corrected chi connectivity index (χ3v) is 3.48. The summed E-state index contributed by atoms with van der Waals surface area (Å²) in [7, 11) is 1.50. The molecule has 0 spiro atoms. The molecule has 0 aliphatic rings. The zero-order valence-corrected chi connectivity index (χ0v) is 12.3. The van der Waals surface area contributed by atoms with Gasteiger partial charge in [-0.1, -0.05) is 43.7 Å². The van der Waals surface area contributed by atoms with Crippen molar-refractivity contribution in [2.45, 2.75) is 19.8 Å². The molecular weight excluding hydrogens is 268 g/mol. The lowest BCUT2D eigenvalue weighted by Gasteiger charge is -2.15. The molecule has 1 aromatic heterocycles. The maximum Gasteiger partial charge on any atom is 0.343 e. The van der Waals surface area contributed by atoms with E-state index in [4.69, 9.17) is 0 Å². The summed E-state index contributed by atoms with van der Waals surface area (Å²) in [5, 5.41) is 6.66. The van der Waals surface area contributed by atoms with Gasteiger partial charge in [0.15, 0.2) is 0 Å². The second-order valence-electron chi connectivity index (χ2n) is 5.08. The first kappa shape index (κ1) is 15.0. The normalized spacial score (nSPS) is 12.1. The third-order valence-electron chi connectivity index (χ3n) is 3.48. The van der Waals surface area contributed by atoms with Gasteiger partial charge in [0.05, 0.1) is 0 Å². The largest absolute Gasteiger partial charge is 0.349 e. The second-order valence-corrected chi connectivity index (χ2v) is 5.08. The first-order valence-corrected chi connectivity index (χ1v) is 7.05. The number of hydrogen-bond donors (Lipinski definition) is 2. The van der Waals surface area contributed by atoms with Crippen molar-refractivity contribution in [3.63, 3.8) is 0 Å². The molecule has 2 N–H and O–H groups in total. The molecule has 0 fully saturated rings. The number of carbonyl (C=O) groups is 1. The first-order chi connectivity index (χ1) is 10.1. The molecular formula is C15H20N4O2. The third kappa shape index (κ3) is 4.05. The van der Waals surface area contributed by atoms with Gasteiger partial charge in [0.1, 0.15) is 0 Å². The van der Waals surface area contributed by atoms with Crippen molar-refractivity contribution in [2.75, 3.05) is 6.54 Å². The molecule has 2 rings (SSSR count). The quantitative estimate of drug-likeness (QED) is 0.835. The van der Waals surface area contributed by atoms with Crippen LogP contribution in [-0.2, 0) is 13.5 Å². The Morgan fingerprint density at radius 1 is 1.38 bits per heavy atom. The van der Waals surface area contributed by atoms with Crippen LogP contribution in [0, 0.1) is 5.92 Å².